The fraction of sp³-hybridized carbons (Fsp3) is 0.311. The predicted octanol–water partition coefficient (Wildman–Crippen LogP) is 10.9. The molecule has 5 rings (SSSR count). The Morgan fingerprint density at radius 1 is 0.481 bits per heavy atom. The van der Waals surface area contributed by atoms with Crippen LogP contribution in [0.25, 0.3) is 0 Å². The molecule has 0 spiro atoms. The minimum absolute atomic E-state index is 0.728. The molecule has 0 aliphatic heterocycles. The molecule has 0 aliphatic rings. The van der Waals surface area contributed by atoms with E-state index in [0.717, 1.165) is 71.7 Å². The third kappa shape index (κ3) is 11.7. The van der Waals surface area contributed by atoms with Crippen LogP contribution in [0.3, 0.4) is 0 Å². The van der Waals surface area contributed by atoms with E-state index in [1.54, 1.807) is 0 Å². The first-order valence-electron chi connectivity index (χ1n) is 18.7. The molecule has 0 atom stereocenters. The first-order chi connectivity index (χ1) is 25.1. The van der Waals surface area contributed by atoms with Crippen LogP contribution in [0, 0.1) is 0 Å². The third-order valence-corrected chi connectivity index (χ3v) is 16.8. The van der Waals surface area contributed by atoms with Crippen molar-refractivity contribution in [2.45, 2.75) is 77.8 Å². The maximum Gasteiger partial charge on any atom is 0.119 e. The number of unbranched alkanes of at least 4 members (excludes halogenated alkanes) is 2. The summed E-state index contributed by atoms with van der Waals surface area (Å²) < 4.78 is 12.1. The van der Waals surface area contributed by atoms with Crippen LogP contribution >= 0.6 is 0 Å². The second-order valence-corrected chi connectivity index (χ2v) is 24.6. The van der Waals surface area contributed by atoms with Gasteiger partial charge in [0.2, 0.25) is 0 Å². The minimum atomic E-state index is -1.39. The molecule has 7 heteroatoms. The van der Waals surface area contributed by atoms with Crippen LogP contribution in [0.2, 0.25) is 38.3 Å². The number of nitrogens with zero attached hydrogens (tertiary/aromatic N) is 3. The Morgan fingerprint density at radius 3 is 1.25 bits per heavy atom. The van der Waals surface area contributed by atoms with E-state index in [1.165, 1.54) is 35.3 Å². The average molecular weight is 726 g/mol. The van der Waals surface area contributed by atoms with Gasteiger partial charge in [-0.05, 0) is 87.4 Å². The van der Waals surface area contributed by atoms with Crippen molar-refractivity contribution in [2.24, 2.45) is 9.98 Å². The number of aromatic nitrogens is 1. The molecule has 0 N–H and O–H groups in total. The number of benzene rings is 4. The Hall–Kier alpha value is -4.60. The van der Waals surface area contributed by atoms with E-state index < -0.39 is 16.1 Å². The van der Waals surface area contributed by atoms with Crippen LogP contribution < -0.4 is 19.8 Å². The molecule has 1 heterocycles. The summed E-state index contributed by atoms with van der Waals surface area (Å²) in [6.45, 7) is 15.3. The molecule has 5 aromatic rings. The van der Waals surface area contributed by atoms with Crippen molar-refractivity contribution in [2.75, 3.05) is 13.2 Å². The van der Waals surface area contributed by atoms with Crippen molar-refractivity contribution in [3.8, 4) is 11.5 Å². The van der Waals surface area contributed by atoms with Crippen molar-refractivity contribution in [3.63, 3.8) is 0 Å². The molecule has 5 nitrogen and oxygen atoms in total. The second-order valence-electron chi connectivity index (χ2n) is 14.9. The highest BCUT2D eigenvalue weighted by Gasteiger charge is 2.23. The molecule has 0 saturated carbocycles. The first-order valence-corrected chi connectivity index (χ1v) is 25.2. The summed E-state index contributed by atoms with van der Waals surface area (Å²) in [5.74, 6) is 1.76. The summed E-state index contributed by atoms with van der Waals surface area (Å²) >= 11 is 0. The van der Waals surface area contributed by atoms with E-state index in [1.807, 2.05) is 80.6 Å². The van der Waals surface area contributed by atoms with Crippen molar-refractivity contribution in [1.29, 1.82) is 0 Å². The highest BCUT2D eigenvalue weighted by Crippen LogP contribution is 2.22. The lowest BCUT2D eigenvalue weighted by molar-refractivity contribution is 0.309. The number of hydrogen-bond acceptors (Lipinski definition) is 5. The topological polar surface area (TPSA) is 56.1 Å². The number of hydrogen-bond donors (Lipinski definition) is 0. The quantitative estimate of drug-likeness (QED) is 0.0513. The lowest BCUT2D eigenvalue weighted by atomic mass is 10.2. The van der Waals surface area contributed by atoms with Gasteiger partial charge in [-0.3, -0.25) is 9.98 Å². The highest BCUT2D eigenvalue weighted by molar-refractivity contribution is 6.90. The van der Waals surface area contributed by atoms with E-state index in [9.17, 15) is 0 Å². The lowest BCUT2D eigenvalue weighted by Crippen LogP contribution is -2.40. The summed E-state index contributed by atoms with van der Waals surface area (Å²) in [4.78, 5) is 14.6. The Kier molecular flexibility index (Phi) is 13.9. The molecule has 0 fully saturated rings. The summed E-state index contributed by atoms with van der Waals surface area (Å²) in [6.07, 6.45) is 4.48. The first kappa shape index (κ1) is 38.6. The zero-order chi connectivity index (χ0) is 36.8. The van der Waals surface area contributed by atoms with Crippen molar-refractivity contribution in [1.82, 2.24) is 4.98 Å². The van der Waals surface area contributed by atoms with Crippen LogP contribution in [-0.4, -0.2) is 45.8 Å². The Morgan fingerprint density at radius 2 is 0.865 bits per heavy atom. The van der Waals surface area contributed by atoms with Gasteiger partial charge in [-0.2, -0.15) is 0 Å². The molecule has 0 bridgehead atoms. The maximum absolute atomic E-state index is 6.05. The van der Waals surface area contributed by atoms with E-state index in [-0.39, 0.29) is 0 Å². The van der Waals surface area contributed by atoms with Gasteiger partial charge in [0.1, 0.15) is 11.5 Å². The molecule has 0 aliphatic carbocycles. The molecule has 52 heavy (non-hydrogen) atoms. The van der Waals surface area contributed by atoms with E-state index in [4.69, 9.17) is 24.4 Å². The van der Waals surface area contributed by atoms with Crippen molar-refractivity contribution >= 4 is 49.3 Å². The van der Waals surface area contributed by atoms with Gasteiger partial charge in [-0.1, -0.05) is 128 Å². The van der Waals surface area contributed by atoms with Crippen molar-refractivity contribution in [3.05, 3.63) is 139 Å². The average Bonchev–Trinajstić information content (AvgIpc) is 3.16. The normalized spacial score (nSPS) is 12.5. The van der Waals surface area contributed by atoms with E-state index in [2.05, 4.69) is 86.9 Å². The van der Waals surface area contributed by atoms with Gasteiger partial charge in [0.15, 0.2) is 0 Å². The fourth-order valence-corrected chi connectivity index (χ4v) is 11.4. The molecule has 1 aromatic heterocycles. The molecule has 0 saturated heterocycles. The van der Waals surface area contributed by atoms with Crippen LogP contribution in [0.4, 0.5) is 11.4 Å². The smallest absolute Gasteiger partial charge is 0.119 e. The summed E-state index contributed by atoms with van der Waals surface area (Å²) in [6, 6.07) is 46.5. The van der Waals surface area contributed by atoms with Gasteiger partial charge in [-0.15, -0.1) is 0 Å². The molecular formula is C45H55N3O2Si2. The zero-order valence-electron chi connectivity index (χ0n) is 31.9. The van der Waals surface area contributed by atoms with Gasteiger partial charge in [0.25, 0.3) is 0 Å². The Bertz CT molecular complexity index is 1750. The molecular weight excluding hydrogens is 671 g/mol. The summed E-state index contributed by atoms with van der Waals surface area (Å²) in [7, 11) is -2.78. The zero-order valence-corrected chi connectivity index (χ0v) is 33.9. The second kappa shape index (κ2) is 18.8. The Balaban J connectivity index is 1.06. The van der Waals surface area contributed by atoms with Crippen LogP contribution in [0.1, 0.15) is 50.9 Å². The SMILES string of the molecule is CC(=Nc1ccc(OCCCC[Si](C)(C)c2ccccc2)cc1)c1cccc(C(C)=Nc2ccc(OCCCC[Si](C)(C)c3ccccc3)cc2)n1. The number of rotatable bonds is 18. The van der Waals surface area contributed by atoms with E-state index in [0.29, 0.717) is 0 Å². The molecule has 0 radical (unpaired) electrons. The minimum Gasteiger partial charge on any atom is -0.494 e. The van der Waals surface area contributed by atoms with Crippen molar-refractivity contribution < 1.29 is 9.47 Å². The largest absolute Gasteiger partial charge is 0.494 e. The maximum atomic E-state index is 6.05. The van der Waals surface area contributed by atoms with Crippen LogP contribution in [0.5, 0.6) is 11.5 Å². The van der Waals surface area contributed by atoms with E-state index >= 15 is 0 Å². The standard InChI is InChI=1S/C45H55N3O2Si2/c1-36(46-38-24-28-40(29-25-38)49-32-13-15-34-51(3,4)42-18-9-7-10-19-42)44-22-17-23-45(48-44)37(2)47-39-26-30-41(31-27-39)50-33-14-16-35-52(5,6)43-20-11-8-12-21-43/h7-12,17-31H,13-16,32-35H2,1-6H3. The molecule has 270 valence electrons. The summed E-state index contributed by atoms with van der Waals surface area (Å²) in [5.41, 5.74) is 5.10. The Labute approximate surface area is 313 Å². The van der Waals surface area contributed by atoms with Gasteiger partial charge >= 0.3 is 0 Å². The lowest BCUT2D eigenvalue weighted by Gasteiger charge is -2.22. The molecule has 0 unspecified atom stereocenters. The number of pyridine rings is 1. The molecule has 0 amide bonds. The van der Waals surface area contributed by atoms with Gasteiger partial charge in [-0.25, -0.2) is 4.98 Å². The van der Waals surface area contributed by atoms with Crippen LogP contribution in [0.15, 0.2) is 137 Å². The predicted molar refractivity (Wildman–Crippen MR) is 227 cm³/mol. The van der Waals surface area contributed by atoms with Crippen LogP contribution in [-0.2, 0) is 0 Å². The van der Waals surface area contributed by atoms with Gasteiger partial charge < -0.3 is 9.47 Å². The van der Waals surface area contributed by atoms with Gasteiger partial charge in [0, 0.05) is 0 Å². The number of aliphatic imine (C=N–C) groups is 2. The summed E-state index contributed by atoms with van der Waals surface area (Å²) in [5, 5.41) is 3.06. The van der Waals surface area contributed by atoms with Gasteiger partial charge in [0.05, 0.1) is 63.5 Å². The molecule has 4 aromatic carbocycles. The highest BCUT2D eigenvalue weighted by atomic mass is 28.3. The third-order valence-electron chi connectivity index (χ3n) is 9.80. The fourth-order valence-electron chi connectivity index (χ4n) is 6.36. The monoisotopic (exact) mass is 725 g/mol. The number of ether oxygens (including phenoxy) is 2.